The van der Waals surface area contributed by atoms with E-state index in [-0.39, 0.29) is 5.69 Å². The first-order valence-electron chi connectivity index (χ1n) is 8.68. The monoisotopic (exact) mass is 373 g/mol. The van der Waals surface area contributed by atoms with E-state index in [2.05, 4.69) is 16.9 Å². The molecule has 4 nitrogen and oxygen atoms in total. The van der Waals surface area contributed by atoms with E-state index in [0.29, 0.717) is 24.3 Å². The molecular weight excluding hydrogens is 355 g/mol. The molecule has 140 valence electrons. The highest BCUT2D eigenvalue weighted by Crippen LogP contribution is 2.37. The van der Waals surface area contributed by atoms with Crippen molar-refractivity contribution in [3.63, 3.8) is 0 Å². The maximum Gasteiger partial charge on any atom is 0.407 e. The molecule has 0 aliphatic heterocycles. The molecule has 0 spiro atoms. The molecule has 3 rings (SSSR count). The fourth-order valence-electron chi connectivity index (χ4n) is 3.32. The SMILES string of the molecule is [C-]#[N+]c1c(C(F)(F)F)cc(-c2ccccc2)n(N=C2CCC[C@@H](C)C2)c1=O. The third-order valence-corrected chi connectivity index (χ3v) is 4.63. The zero-order valence-electron chi connectivity index (χ0n) is 14.8. The van der Waals surface area contributed by atoms with Gasteiger partial charge in [-0.15, -0.1) is 0 Å². The summed E-state index contributed by atoms with van der Waals surface area (Å²) < 4.78 is 41.2. The molecule has 0 amide bonds. The molecule has 1 fully saturated rings. The van der Waals surface area contributed by atoms with Gasteiger partial charge in [0.05, 0.1) is 17.8 Å². The van der Waals surface area contributed by atoms with Crippen LogP contribution in [0.4, 0.5) is 18.9 Å². The van der Waals surface area contributed by atoms with Gasteiger partial charge in [0.2, 0.25) is 0 Å². The third-order valence-electron chi connectivity index (χ3n) is 4.63. The number of benzene rings is 1. The summed E-state index contributed by atoms with van der Waals surface area (Å²) in [6.07, 6.45) is -1.44. The molecule has 1 aliphatic rings. The van der Waals surface area contributed by atoms with E-state index in [1.807, 2.05) is 0 Å². The molecule has 1 heterocycles. The van der Waals surface area contributed by atoms with E-state index in [4.69, 9.17) is 6.57 Å². The minimum absolute atomic E-state index is 0.0334. The highest BCUT2D eigenvalue weighted by atomic mass is 19.4. The van der Waals surface area contributed by atoms with E-state index in [1.54, 1.807) is 30.3 Å². The van der Waals surface area contributed by atoms with E-state index in [9.17, 15) is 18.0 Å². The topological polar surface area (TPSA) is 38.7 Å². The van der Waals surface area contributed by atoms with Crippen molar-refractivity contribution < 1.29 is 13.2 Å². The first-order valence-corrected chi connectivity index (χ1v) is 8.68. The summed E-state index contributed by atoms with van der Waals surface area (Å²) in [5.41, 5.74) is -1.98. The molecule has 1 aromatic carbocycles. The second kappa shape index (κ2) is 7.39. The molecule has 7 heteroatoms. The van der Waals surface area contributed by atoms with Gasteiger partial charge in [-0.25, -0.2) is 9.52 Å². The molecule has 1 aliphatic carbocycles. The predicted molar refractivity (Wildman–Crippen MR) is 97.9 cm³/mol. The summed E-state index contributed by atoms with van der Waals surface area (Å²) in [6.45, 7) is 9.17. The molecular formula is C20H18F3N3O. The van der Waals surface area contributed by atoms with Crippen LogP contribution in [0, 0.1) is 12.5 Å². The molecule has 1 atom stereocenters. The lowest BCUT2D eigenvalue weighted by molar-refractivity contribution is -0.136. The summed E-state index contributed by atoms with van der Waals surface area (Å²) in [5, 5.41) is 4.39. The second-order valence-corrected chi connectivity index (χ2v) is 6.75. The van der Waals surface area contributed by atoms with Crippen LogP contribution in [0.1, 0.15) is 38.2 Å². The number of alkyl halides is 3. The van der Waals surface area contributed by atoms with E-state index in [0.717, 1.165) is 29.3 Å². The summed E-state index contributed by atoms with van der Waals surface area (Å²) in [7, 11) is 0. The average Bonchev–Trinajstić information content (AvgIpc) is 2.63. The number of rotatable bonds is 2. The van der Waals surface area contributed by atoms with Gasteiger partial charge in [0, 0.05) is 11.3 Å². The van der Waals surface area contributed by atoms with E-state index >= 15 is 0 Å². The molecule has 0 unspecified atom stereocenters. The molecule has 0 bridgehead atoms. The Balaban J connectivity index is 2.29. The van der Waals surface area contributed by atoms with Crippen molar-refractivity contribution in [3.05, 3.63) is 63.7 Å². The van der Waals surface area contributed by atoms with Crippen molar-refractivity contribution in [3.8, 4) is 11.3 Å². The van der Waals surface area contributed by atoms with Crippen LogP contribution in [-0.4, -0.2) is 10.4 Å². The van der Waals surface area contributed by atoms with Gasteiger partial charge in [-0.2, -0.15) is 18.3 Å². The Kier molecular flexibility index (Phi) is 5.17. The Morgan fingerprint density at radius 2 is 1.96 bits per heavy atom. The quantitative estimate of drug-likeness (QED) is 0.641. The fraction of sp³-hybridized carbons (Fsp3) is 0.350. The molecule has 0 saturated heterocycles. The van der Waals surface area contributed by atoms with Gasteiger partial charge in [-0.1, -0.05) is 37.3 Å². The highest BCUT2D eigenvalue weighted by Gasteiger charge is 2.36. The molecule has 0 radical (unpaired) electrons. The van der Waals surface area contributed by atoms with Crippen LogP contribution < -0.4 is 5.56 Å². The van der Waals surface area contributed by atoms with Crippen LogP contribution >= 0.6 is 0 Å². The van der Waals surface area contributed by atoms with Crippen LogP contribution in [-0.2, 0) is 6.18 Å². The lowest BCUT2D eigenvalue weighted by Gasteiger charge is -2.21. The Bertz CT molecular complexity index is 969. The van der Waals surface area contributed by atoms with Crippen molar-refractivity contribution in [1.29, 1.82) is 0 Å². The summed E-state index contributed by atoms with van der Waals surface area (Å²) in [6, 6.07) is 9.17. The average molecular weight is 373 g/mol. The zero-order valence-corrected chi connectivity index (χ0v) is 14.8. The van der Waals surface area contributed by atoms with Gasteiger partial charge in [0.15, 0.2) is 0 Å². The minimum atomic E-state index is -4.80. The molecule has 1 aromatic heterocycles. The maximum absolute atomic E-state index is 13.4. The smallest absolute Gasteiger partial charge is 0.281 e. The maximum atomic E-state index is 13.4. The van der Waals surface area contributed by atoms with Gasteiger partial charge in [0.1, 0.15) is 0 Å². The Labute approximate surface area is 154 Å². The van der Waals surface area contributed by atoms with Gasteiger partial charge in [-0.05, 0) is 37.7 Å². The fourth-order valence-corrected chi connectivity index (χ4v) is 3.32. The van der Waals surface area contributed by atoms with Crippen molar-refractivity contribution in [2.45, 2.75) is 38.8 Å². The minimum Gasteiger partial charge on any atom is -0.281 e. The van der Waals surface area contributed by atoms with Crippen LogP contribution in [0.2, 0.25) is 0 Å². The van der Waals surface area contributed by atoms with Crippen molar-refractivity contribution in [2.75, 3.05) is 0 Å². The van der Waals surface area contributed by atoms with Crippen molar-refractivity contribution >= 4 is 11.4 Å². The van der Waals surface area contributed by atoms with Crippen LogP contribution in [0.5, 0.6) is 0 Å². The third kappa shape index (κ3) is 3.95. The first kappa shape index (κ1) is 18.9. The van der Waals surface area contributed by atoms with Crippen LogP contribution in [0.15, 0.2) is 46.3 Å². The molecule has 2 aromatic rings. The second-order valence-electron chi connectivity index (χ2n) is 6.75. The van der Waals surface area contributed by atoms with Gasteiger partial charge in [-0.3, -0.25) is 4.79 Å². The number of nitrogens with zero attached hydrogens (tertiary/aromatic N) is 3. The number of hydrogen-bond donors (Lipinski definition) is 0. The van der Waals surface area contributed by atoms with Crippen molar-refractivity contribution in [1.82, 2.24) is 4.68 Å². The van der Waals surface area contributed by atoms with E-state index < -0.39 is 23.0 Å². The molecule has 0 N–H and O–H groups in total. The largest absolute Gasteiger partial charge is 0.407 e. The first-order chi connectivity index (χ1) is 12.8. The van der Waals surface area contributed by atoms with Gasteiger partial charge in [0.25, 0.3) is 11.2 Å². The summed E-state index contributed by atoms with van der Waals surface area (Å²) >= 11 is 0. The number of aromatic nitrogens is 1. The predicted octanol–water partition coefficient (Wildman–Crippen LogP) is 5.50. The number of hydrogen-bond acceptors (Lipinski definition) is 2. The van der Waals surface area contributed by atoms with Gasteiger partial charge >= 0.3 is 6.18 Å². The lowest BCUT2D eigenvalue weighted by atomic mass is 9.89. The summed E-state index contributed by atoms with van der Waals surface area (Å²) in [5.74, 6) is 0.406. The lowest BCUT2D eigenvalue weighted by Crippen LogP contribution is -2.24. The standard InChI is InChI=1S/C20H18F3N3O/c1-13-7-6-10-15(11-13)25-26-17(14-8-4-3-5-9-14)12-16(20(21,22)23)18(24-2)19(26)27/h3-5,8-9,12-13H,6-7,10-11H2,1H3/t13-/m1/s1. The number of pyridine rings is 1. The normalized spacial score (nSPS) is 19.1. The Hall–Kier alpha value is -2.88. The summed E-state index contributed by atoms with van der Waals surface area (Å²) in [4.78, 5) is 15.6. The molecule has 1 saturated carbocycles. The Morgan fingerprint density at radius 3 is 2.56 bits per heavy atom. The highest BCUT2D eigenvalue weighted by molar-refractivity contribution is 5.85. The van der Waals surface area contributed by atoms with E-state index in [1.165, 1.54) is 0 Å². The van der Waals surface area contributed by atoms with Gasteiger partial charge < -0.3 is 0 Å². The Morgan fingerprint density at radius 1 is 1.26 bits per heavy atom. The van der Waals surface area contributed by atoms with Crippen LogP contribution in [0.25, 0.3) is 16.1 Å². The zero-order chi connectivity index (χ0) is 19.6. The van der Waals surface area contributed by atoms with Crippen LogP contribution in [0.3, 0.4) is 0 Å². The number of halogens is 3. The van der Waals surface area contributed by atoms with Crippen molar-refractivity contribution in [2.24, 2.45) is 11.0 Å². The molecule has 27 heavy (non-hydrogen) atoms.